The molecule has 0 spiro atoms. The lowest BCUT2D eigenvalue weighted by Crippen LogP contribution is -2.42. The van der Waals surface area contributed by atoms with Crippen LogP contribution in [0.2, 0.25) is 0 Å². The summed E-state index contributed by atoms with van der Waals surface area (Å²) in [5.41, 5.74) is 3.62. The van der Waals surface area contributed by atoms with E-state index >= 15 is 0 Å². The average Bonchev–Trinajstić information content (AvgIpc) is 3.52. The van der Waals surface area contributed by atoms with E-state index in [1.807, 2.05) is 54.1 Å². The summed E-state index contributed by atoms with van der Waals surface area (Å²) < 4.78 is 46.9. The monoisotopic (exact) mass is 560 g/mol. The number of ether oxygens (including phenoxy) is 3. The van der Waals surface area contributed by atoms with Crippen LogP contribution in [0.5, 0.6) is 17.2 Å². The molecule has 0 amide bonds. The molecule has 10 heteroatoms. The Morgan fingerprint density at radius 3 is 2.62 bits per heavy atom. The van der Waals surface area contributed by atoms with Crippen LogP contribution in [0, 0.1) is 18.8 Å². The molecule has 1 unspecified atom stereocenters. The quantitative estimate of drug-likeness (QED) is 0.281. The Balaban J connectivity index is 1.39. The molecular weight excluding hydrogens is 532 g/mol. The molecule has 2 heterocycles. The predicted molar refractivity (Wildman–Crippen MR) is 149 cm³/mol. The van der Waals surface area contributed by atoms with E-state index in [4.69, 9.17) is 14.2 Å². The van der Waals surface area contributed by atoms with Gasteiger partial charge in [-0.25, -0.2) is 8.42 Å². The second-order valence-corrected chi connectivity index (χ2v) is 11.1. The van der Waals surface area contributed by atoms with Crippen molar-refractivity contribution in [3.63, 3.8) is 0 Å². The number of carboxylic acids is 1. The molecule has 5 rings (SSSR count). The van der Waals surface area contributed by atoms with E-state index in [-0.39, 0.29) is 24.7 Å². The second kappa shape index (κ2) is 11.3. The number of carbonyl (C=O) groups is 1. The number of carboxylic acid groups (broad SMARTS) is 1. The molecule has 1 aliphatic rings. The van der Waals surface area contributed by atoms with Gasteiger partial charge in [0.25, 0.3) is 0 Å². The van der Waals surface area contributed by atoms with E-state index in [1.165, 1.54) is 24.3 Å². The van der Waals surface area contributed by atoms with Gasteiger partial charge in [-0.3, -0.25) is 4.79 Å². The summed E-state index contributed by atoms with van der Waals surface area (Å²) in [6.45, 7) is 4.54. The number of nitrogens with one attached hydrogen (secondary N) is 1. The van der Waals surface area contributed by atoms with Crippen LogP contribution in [0.3, 0.4) is 0 Å². The fourth-order valence-corrected chi connectivity index (χ4v) is 5.76. The molecule has 0 aliphatic carbocycles. The lowest BCUT2D eigenvalue weighted by molar-refractivity contribution is -0.138. The third kappa shape index (κ3) is 5.91. The smallest absolute Gasteiger partial charge is 0.322 e. The van der Waals surface area contributed by atoms with Crippen molar-refractivity contribution in [3.05, 3.63) is 83.6 Å². The Morgan fingerprint density at radius 2 is 1.88 bits per heavy atom. The van der Waals surface area contributed by atoms with Gasteiger partial charge in [0.1, 0.15) is 18.4 Å². The van der Waals surface area contributed by atoms with Gasteiger partial charge in [0.05, 0.1) is 4.90 Å². The molecule has 206 valence electrons. The van der Waals surface area contributed by atoms with Gasteiger partial charge in [-0.1, -0.05) is 23.6 Å². The number of aromatic nitrogens is 1. The molecule has 3 aromatic carbocycles. The number of fused-ring (bicyclic) bond motifs is 2. The number of hydrogen-bond donors (Lipinski definition) is 2. The molecular formula is C30H28N2O7S. The van der Waals surface area contributed by atoms with Crippen molar-refractivity contribution in [2.75, 3.05) is 13.4 Å². The average molecular weight is 561 g/mol. The first-order valence-electron chi connectivity index (χ1n) is 12.6. The minimum atomic E-state index is -4.12. The Kier molecular flexibility index (Phi) is 7.69. The van der Waals surface area contributed by atoms with Gasteiger partial charge in [0, 0.05) is 30.1 Å². The fourth-order valence-electron chi connectivity index (χ4n) is 4.58. The lowest BCUT2D eigenvalue weighted by atomic mass is 10.0. The summed E-state index contributed by atoms with van der Waals surface area (Å²) in [5.74, 6) is 6.04. The summed E-state index contributed by atoms with van der Waals surface area (Å²) in [6, 6.07) is 16.1. The van der Waals surface area contributed by atoms with Crippen molar-refractivity contribution in [2.24, 2.45) is 0 Å². The van der Waals surface area contributed by atoms with E-state index in [9.17, 15) is 18.3 Å². The first-order chi connectivity index (χ1) is 19.2. The van der Waals surface area contributed by atoms with Crippen molar-refractivity contribution in [1.29, 1.82) is 0 Å². The molecule has 0 bridgehead atoms. The standard InChI is InChI=1S/C30H28N2O7S/c1-3-4-13-37-23-7-9-24(10-8-23)40(35,36)31-26(30(33)34)16-22-18-32(27-11-5-20(2)14-25(22)27)17-21-6-12-28-29(15-21)39-19-38-28/h5-12,14-15,18,26,31H,13,16-17,19H2,1-2H3,(H,33,34). The number of sulfonamides is 1. The summed E-state index contributed by atoms with van der Waals surface area (Å²) in [5, 5.41) is 10.8. The van der Waals surface area contributed by atoms with Crippen LogP contribution in [0.4, 0.5) is 0 Å². The molecule has 40 heavy (non-hydrogen) atoms. The zero-order valence-electron chi connectivity index (χ0n) is 22.0. The maximum Gasteiger partial charge on any atom is 0.322 e. The summed E-state index contributed by atoms with van der Waals surface area (Å²) in [7, 11) is -4.12. The Bertz CT molecular complexity index is 1730. The first kappa shape index (κ1) is 27.1. The maximum absolute atomic E-state index is 13.1. The van der Waals surface area contributed by atoms with Crippen molar-refractivity contribution in [3.8, 4) is 29.1 Å². The van der Waals surface area contributed by atoms with Gasteiger partial charge >= 0.3 is 5.97 Å². The highest BCUT2D eigenvalue weighted by Crippen LogP contribution is 2.33. The zero-order valence-corrected chi connectivity index (χ0v) is 22.8. The third-order valence-corrected chi connectivity index (χ3v) is 8.04. The molecule has 1 aliphatic heterocycles. The van der Waals surface area contributed by atoms with E-state index in [0.29, 0.717) is 23.8 Å². The molecule has 0 saturated carbocycles. The van der Waals surface area contributed by atoms with E-state index in [1.54, 1.807) is 6.92 Å². The minimum absolute atomic E-state index is 0.0421. The topological polar surface area (TPSA) is 116 Å². The normalized spacial score (nSPS) is 13.1. The minimum Gasteiger partial charge on any atom is -0.481 e. The first-order valence-corrected chi connectivity index (χ1v) is 14.1. The molecule has 0 radical (unpaired) electrons. The van der Waals surface area contributed by atoms with E-state index in [2.05, 4.69) is 16.6 Å². The van der Waals surface area contributed by atoms with Gasteiger partial charge in [-0.05, 0) is 73.5 Å². The number of aryl methyl sites for hydroxylation is 1. The van der Waals surface area contributed by atoms with Crippen LogP contribution >= 0.6 is 0 Å². The van der Waals surface area contributed by atoms with Crippen molar-refractivity contribution >= 4 is 26.9 Å². The fraction of sp³-hybridized carbons (Fsp3) is 0.233. The lowest BCUT2D eigenvalue weighted by Gasteiger charge is -2.15. The van der Waals surface area contributed by atoms with Crippen LogP contribution in [0.15, 0.2) is 71.8 Å². The van der Waals surface area contributed by atoms with Crippen molar-refractivity contribution < 1.29 is 32.5 Å². The largest absolute Gasteiger partial charge is 0.481 e. The highest BCUT2D eigenvalue weighted by molar-refractivity contribution is 7.89. The van der Waals surface area contributed by atoms with Crippen molar-refractivity contribution in [2.45, 2.75) is 37.8 Å². The molecule has 9 nitrogen and oxygen atoms in total. The molecule has 0 fully saturated rings. The Morgan fingerprint density at radius 1 is 1.10 bits per heavy atom. The van der Waals surface area contributed by atoms with Gasteiger partial charge in [0.15, 0.2) is 11.5 Å². The number of benzene rings is 3. The third-order valence-electron chi connectivity index (χ3n) is 6.55. The Hall–Kier alpha value is -4.46. The second-order valence-electron chi connectivity index (χ2n) is 9.39. The van der Waals surface area contributed by atoms with Gasteiger partial charge < -0.3 is 23.9 Å². The van der Waals surface area contributed by atoms with Gasteiger partial charge in [-0.2, -0.15) is 4.72 Å². The van der Waals surface area contributed by atoms with Gasteiger partial charge in [0.2, 0.25) is 16.8 Å². The maximum atomic E-state index is 13.1. The molecule has 4 aromatic rings. The molecule has 1 atom stereocenters. The molecule has 1 aromatic heterocycles. The number of aliphatic carboxylic acids is 1. The summed E-state index contributed by atoms with van der Waals surface area (Å²) in [4.78, 5) is 12.2. The Labute approximate surface area is 232 Å². The highest BCUT2D eigenvalue weighted by atomic mass is 32.2. The van der Waals surface area contributed by atoms with Crippen LogP contribution in [0.25, 0.3) is 10.9 Å². The van der Waals surface area contributed by atoms with E-state index < -0.39 is 22.0 Å². The van der Waals surface area contributed by atoms with Crippen LogP contribution in [-0.4, -0.2) is 43.5 Å². The zero-order chi connectivity index (χ0) is 28.3. The highest BCUT2D eigenvalue weighted by Gasteiger charge is 2.27. The van der Waals surface area contributed by atoms with Crippen LogP contribution in [-0.2, 0) is 27.8 Å². The number of nitrogens with zero attached hydrogens (tertiary/aromatic N) is 1. The van der Waals surface area contributed by atoms with Crippen molar-refractivity contribution in [1.82, 2.24) is 9.29 Å². The summed E-state index contributed by atoms with van der Waals surface area (Å²) >= 11 is 0. The molecule has 2 N–H and O–H groups in total. The molecule has 0 saturated heterocycles. The van der Waals surface area contributed by atoms with Crippen LogP contribution < -0.4 is 18.9 Å². The van der Waals surface area contributed by atoms with Crippen LogP contribution in [0.1, 0.15) is 23.6 Å². The van der Waals surface area contributed by atoms with E-state index in [0.717, 1.165) is 27.6 Å². The predicted octanol–water partition coefficient (Wildman–Crippen LogP) is 4.10. The van der Waals surface area contributed by atoms with Gasteiger partial charge in [-0.15, -0.1) is 5.92 Å². The summed E-state index contributed by atoms with van der Waals surface area (Å²) in [6.07, 6.45) is 1.84. The number of rotatable bonds is 10. The number of hydrogen-bond acceptors (Lipinski definition) is 6. The SMILES string of the molecule is CC#CCOc1ccc(S(=O)(=O)NC(Cc2cn(Cc3ccc4c(c3)OCO4)c3ccc(C)cc23)C(=O)O)cc1.